The van der Waals surface area contributed by atoms with E-state index in [1.165, 1.54) is 7.11 Å². The number of carbonyl (C=O) groups is 2. The van der Waals surface area contributed by atoms with Gasteiger partial charge in [-0.05, 0) is 12.1 Å². The highest BCUT2D eigenvalue weighted by atomic mass is 16.5. The maximum atomic E-state index is 11.3. The van der Waals surface area contributed by atoms with E-state index in [0.29, 0.717) is 5.56 Å². The third-order valence-electron chi connectivity index (χ3n) is 1.57. The molecule has 1 aromatic rings. The molecule has 1 N–H and O–H groups in total. The number of nitrogens with one attached hydrogen (secondary N) is 1. The normalized spacial score (nSPS) is 9.93. The molecule has 0 aliphatic heterocycles. The number of methoxy groups -OCH3 is 1. The van der Waals surface area contributed by atoms with Crippen molar-refractivity contribution in [3.05, 3.63) is 35.9 Å². The second kappa shape index (κ2) is 5.54. The molecule has 78 valence electrons. The Bertz CT molecular complexity index is 374. The summed E-state index contributed by atoms with van der Waals surface area (Å²) in [4.78, 5) is 21.9. The zero-order chi connectivity index (χ0) is 11.1. The van der Waals surface area contributed by atoms with Crippen LogP contribution in [0.1, 0.15) is 10.4 Å². The van der Waals surface area contributed by atoms with E-state index >= 15 is 0 Å². The number of hydrogen-bond acceptors (Lipinski definition) is 4. The Morgan fingerprint density at radius 1 is 1.33 bits per heavy atom. The van der Waals surface area contributed by atoms with Gasteiger partial charge in [-0.2, -0.15) is 5.10 Å². The molecule has 1 amide bonds. The maximum Gasteiger partial charge on any atom is 0.350 e. The van der Waals surface area contributed by atoms with Crippen molar-refractivity contribution in [1.82, 2.24) is 5.43 Å². The summed E-state index contributed by atoms with van der Waals surface area (Å²) < 4.78 is 4.30. The van der Waals surface area contributed by atoms with Crippen molar-refractivity contribution in [1.29, 1.82) is 0 Å². The van der Waals surface area contributed by atoms with E-state index in [1.54, 1.807) is 30.3 Å². The maximum absolute atomic E-state index is 11.3. The summed E-state index contributed by atoms with van der Waals surface area (Å²) in [6.07, 6.45) is 0.890. The summed E-state index contributed by atoms with van der Waals surface area (Å²) in [5.41, 5.74) is 2.67. The summed E-state index contributed by atoms with van der Waals surface area (Å²) in [6.45, 7) is 0. The van der Waals surface area contributed by atoms with Crippen LogP contribution in [0.5, 0.6) is 0 Å². The van der Waals surface area contributed by atoms with Gasteiger partial charge in [-0.25, -0.2) is 10.2 Å². The van der Waals surface area contributed by atoms with E-state index in [0.717, 1.165) is 6.21 Å². The van der Waals surface area contributed by atoms with Crippen LogP contribution in [0, 0.1) is 0 Å². The van der Waals surface area contributed by atoms with E-state index in [2.05, 4.69) is 15.3 Å². The van der Waals surface area contributed by atoms with Crippen molar-refractivity contribution in [2.45, 2.75) is 0 Å². The molecular weight excluding hydrogens is 196 g/mol. The first kappa shape index (κ1) is 10.9. The topological polar surface area (TPSA) is 67.8 Å². The molecule has 0 aliphatic carbocycles. The molecule has 1 rings (SSSR count). The van der Waals surface area contributed by atoms with Gasteiger partial charge in [0.2, 0.25) is 0 Å². The number of rotatable bonds is 3. The van der Waals surface area contributed by atoms with Crippen LogP contribution in [0.4, 0.5) is 0 Å². The smallest absolute Gasteiger partial charge is 0.350 e. The molecule has 15 heavy (non-hydrogen) atoms. The highest BCUT2D eigenvalue weighted by molar-refractivity contribution is 6.23. The van der Waals surface area contributed by atoms with Crippen molar-refractivity contribution in [3.8, 4) is 0 Å². The van der Waals surface area contributed by atoms with Crippen LogP contribution >= 0.6 is 0 Å². The third-order valence-corrected chi connectivity index (χ3v) is 1.57. The first-order chi connectivity index (χ1) is 7.24. The summed E-state index contributed by atoms with van der Waals surface area (Å²) in [7, 11) is 1.23. The molecule has 0 aliphatic rings. The van der Waals surface area contributed by atoms with Gasteiger partial charge in [0.1, 0.15) is 6.21 Å². The Balaban J connectivity index is 2.51. The van der Waals surface area contributed by atoms with E-state index in [-0.39, 0.29) is 5.91 Å². The lowest BCUT2D eigenvalue weighted by Crippen LogP contribution is -2.18. The summed E-state index contributed by atoms with van der Waals surface area (Å²) in [5.74, 6) is -1.00. The van der Waals surface area contributed by atoms with Crippen LogP contribution in [-0.2, 0) is 9.53 Å². The Morgan fingerprint density at radius 2 is 2.00 bits per heavy atom. The van der Waals surface area contributed by atoms with Crippen molar-refractivity contribution in [2.24, 2.45) is 5.10 Å². The number of esters is 1. The summed E-state index contributed by atoms with van der Waals surface area (Å²) in [5, 5.41) is 3.42. The molecule has 0 atom stereocenters. The fourth-order valence-electron chi connectivity index (χ4n) is 0.850. The van der Waals surface area contributed by atoms with E-state index in [9.17, 15) is 9.59 Å². The van der Waals surface area contributed by atoms with E-state index in [1.807, 2.05) is 0 Å². The van der Waals surface area contributed by atoms with Gasteiger partial charge in [-0.15, -0.1) is 0 Å². The van der Waals surface area contributed by atoms with Gasteiger partial charge in [0.05, 0.1) is 7.11 Å². The Morgan fingerprint density at radius 3 is 2.60 bits per heavy atom. The number of ether oxygens (including phenoxy) is 1. The SMILES string of the molecule is COC(=O)/C=N/NC(=O)c1ccccc1. The number of hydrogen-bond donors (Lipinski definition) is 1. The average Bonchev–Trinajstić information content (AvgIpc) is 2.29. The molecule has 0 radical (unpaired) electrons. The minimum Gasteiger partial charge on any atom is -0.465 e. The Hall–Kier alpha value is -2.17. The standard InChI is InChI=1S/C10H10N2O3/c1-15-9(13)7-11-12-10(14)8-5-3-2-4-6-8/h2-7H,1H3,(H,12,14)/b11-7+. The summed E-state index contributed by atoms with van der Waals surface area (Å²) >= 11 is 0. The minimum absolute atomic E-state index is 0.379. The van der Waals surface area contributed by atoms with Gasteiger partial charge in [-0.3, -0.25) is 4.79 Å². The molecule has 1 aromatic carbocycles. The zero-order valence-electron chi connectivity index (χ0n) is 8.14. The molecule has 0 saturated carbocycles. The summed E-state index contributed by atoms with van der Waals surface area (Å²) in [6, 6.07) is 8.55. The molecule has 0 aromatic heterocycles. The predicted octanol–water partition coefficient (Wildman–Crippen LogP) is 0.575. The van der Waals surface area contributed by atoms with Gasteiger partial charge in [0.15, 0.2) is 0 Å². The van der Waals surface area contributed by atoms with Gasteiger partial charge >= 0.3 is 5.97 Å². The number of hydrazone groups is 1. The minimum atomic E-state index is -0.622. The van der Waals surface area contributed by atoms with Crippen molar-refractivity contribution < 1.29 is 14.3 Å². The molecule has 0 spiro atoms. The molecule has 0 saturated heterocycles. The lowest BCUT2D eigenvalue weighted by Gasteiger charge is -1.97. The molecular formula is C10H10N2O3. The molecule has 5 heteroatoms. The largest absolute Gasteiger partial charge is 0.465 e. The Kier molecular flexibility index (Phi) is 4.03. The van der Waals surface area contributed by atoms with Crippen LogP contribution in [0.25, 0.3) is 0 Å². The quantitative estimate of drug-likeness (QED) is 0.446. The first-order valence-corrected chi connectivity index (χ1v) is 4.20. The van der Waals surface area contributed by atoms with E-state index in [4.69, 9.17) is 0 Å². The zero-order valence-corrected chi connectivity index (χ0v) is 8.14. The number of nitrogens with zero attached hydrogens (tertiary/aromatic N) is 1. The molecule has 5 nitrogen and oxygen atoms in total. The van der Waals surface area contributed by atoms with Crippen LogP contribution in [0.2, 0.25) is 0 Å². The van der Waals surface area contributed by atoms with E-state index < -0.39 is 5.97 Å². The highest BCUT2D eigenvalue weighted by Crippen LogP contribution is 1.97. The van der Waals surface area contributed by atoms with Crippen molar-refractivity contribution in [2.75, 3.05) is 7.11 Å². The third kappa shape index (κ3) is 3.60. The van der Waals surface area contributed by atoms with Gasteiger partial charge in [-0.1, -0.05) is 18.2 Å². The number of benzene rings is 1. The van der Waals surface area contributed by atoms with Gasteiger partial charge in [0.25, 0.3) is 5.91 Å². The molecule has 0 fully saturated rings. The average molecular weight is 206 g/mol. The highest BCUT2D eigenvalue weighted by Gasteiger charge is 2.01. The lowest BCUT2D eigenvalue weighted by atomic mass is 10.2. The van der Waals surface area contributed by atoms with Crippen LogP contribution in [0.3, 0.4) is 0 Å². The van der Waals surface area contributed by atoms with Crippen LogP contribution < -0.4 is 5.43 Å². The number of carbonyl (C=O) groups excluding carboxylic acids is 2. The molecule has 0 unspecified atom stereocenters. The Labute approximate surface area is 86.7 Å². The van der Waals surface area contributed by atoms with Crippen LogP contribution in [-0.4, -0.2) is 25.2 Å². The molecule has 0 bridgehead atoms. The predicted molar refractivity (Wildman–Crippen MR) is 54.4 cm³/mol. The fourth-order valence-corrected chi connectivity index (χ4v) is 0.850. The molecule has 0 heterocycles. The lowest BCUT2D eigenvalue weighted by molar-refractivity contribution is -0.132. The second-order valence-electron chi connectivity index (χ2n) is 2.59. The first-order valence-electron chi connectivity index (χ1n) is 4.20. The monoisotopic (exact) mass is 206 g/mol. The fraction of sp³-hybridized carbons (Fsp3) is 0.100. The van der Waals surface area contributed by atoms with Crippen LogP contribution in [0.15, 0.2) is 35.4 Å². The number of amides is 1. The van der Waals surface area contributed by atoms with Gasteiger partial charge < -0.3 is 4.74 Å². The van der Waals surface area contributed by atoms with Crippen molar-refractivity contribution >= 4 is 18.1 Å². The second-order valence-corrected chi connectivity index (χ2v) is 2.59. The van der Waals surface area contributed by atoms with Gasteiger partial charge in [0, 0.05) is 5.56 Å². The van der Waals surface area contributed by atoms with Crippen molar-refractivity contribution in [3.63, 3.8) is 0 Å².